The molecule has 0 aliphatic rings. The van der Waals surface area contributed by atoms with E-state index in [0.29, 0.717) is 5.56 Å². The Morgan fingerprint density at radius 2 is 1.56 bits per heavy atom. The molecular weight excluding hydrogens is 510 g/mol. The lowest BCUT2D eigenvalue weighted by atomic mass is 9.87. The number of nitro benzene ring substituents is 1. The summed E-state index contributed by atoms with van der Waals surface area (Å²) in [5.74, 6) is -3.24. The van der Waals surface area contributed by atoms with Crippen molar-refractivity contribution in [2.75, 3.05) is 14.2 Å². The van der Waals surface area contributed by atoms with Gasteiger partial charge in [0.2, 0.25) is 5.91 Å². The topological polar surface area (TPSA) is 163 Å². The van der Waals surface area contributed by atoms with Crippen LogP contribution in [0.5, 0.6) is 0 Å². The predicted molar refractivity (Wildman–Crippen MR) is 139 cm³/mol. The van der Waals surface area contributed by atoms with Gasteiger partial charge in [-0.05, 0) is 23.5 Å². The zero-order chi connectivity index (χ0) is 28.9. The Bertz CT molecular complexity index is 1140. The number of non-ortho nitro benzene ring substituents is 1. The summed E-state index contributed by atoms with van der Waals surface area (Å²) in [4.78, 5) is 61.4. The maximum atomic E-state index is 13.4. The first-order valence-corrected chi connectivity index (χ1v) is 12.2. The first-order valence-electron chi connectivity index (χ1n) is 12.2. The third-order valence-electron chi connectivity index (χ3n) is 5.83. The van der Waals surface area contributed by atoms with Crippen LogP contribution in [0.15, 0.2) is 54.6 Å². The number of hydrogen-bond acceptors (Lipinski definition) is 9. The number of esters is 2. The maximum absolute atomic E-state index is 13.4. The second-order valence-corrected chi connectivity index (χ2v) is 9.13. The van der Waals surface area contributed by atoms with Gasteiger partial charge in [0.1, 0.15) is 18.7 Å². The van der Waals surface area contributed by atoms with Crippen molar-refractivity contribution in [3.05, 3.63) is 75.8 Å². The van der Waals surface area contributed by atoms with E-state index in [1.165, 1.54) is 31.4 Å². The Balaban J connectivity index is 2.29. The molecule has 0 aliphatic heterocycles. The number of alkyl carbamates (subject to hydrolysis) is 1. The molecule has 2 aromatic carbocycles. The van der Waals surface area contributed by atoms with Crippen LogP contribution in [0.3, 0.4) is 0 Å². The number of nitrogens with one attached hydrogen (secondary N) is 2. The molecule has 0 unspecified atom stereocenters. The molecule has 2 aromatic rings. The molecule has 0 saturated carbocycles. The predicted octanol–water partition coefficient (Wildman–Crippen LogP) is 3.24. The number of ether oxygens (including phenoxy) is 3. The number of benzene rings is 2. The molecule has 12 heteroatoms. The summed E-state index contributed by atoms with van der Waals surface area (Å²) >= 11 is 0. The average molecular weight is 544 g/mol. The van der Waals surface area contributed by atoms with Crippen molar-refractivity contribution >= 4 is 29.6 Å². The molecule has 2 N–H and O–H groups in total. The Labute approximate surface area is 226 Å². The highest BCUT2D eigenvalue weighted by molar-refractivity contribution is 5.90. The van der Waals surface area contributed by atoms with Crippen molar-refractivity contribution in [2.24, 2.45) is 5.92 Å². The molecule has 2 rings (SSSR count). The summed E-state index contributed by atoms with van der Waals surface area (Å²) in [6.45, 7) is 3.70. The maximum Gasteiger partial charge on any atom is 0.408 e. The third kappa shape index (κ3) is 9.72. The van der Waals surface area contributed by atoms with Crippen molar-refractivity contribution in [3.63, 3.8) is 0 Å². The quantitative estimate of drug-likeness (QED) is 0.167. The van der Waals surface area contributed by atoms with Crippen molar-refractivity contribution in [1.29, 1.82) is 0 Å². The molecular formula is C27H33N3O9. The number of carbonyl (C=O) groups is 4. The molecule has 210 valence electrons. The van der Waals surface area contributed by atoms with Crippen molar-refractivity contribution in [3.8, 4) is 0 Å². The van der Waals surface area contributed by atoms with Crippen LogP contribution in [0.25, 0.3) is 0 Å². The fourth-order valence-corrected chi connectivity index (χ4v) is 3.85. The number of nitro groups is 1. The minimum absolute atomic E-state index is 0.00514. The summed E-state index contributed by atoms with van der Waals surface area (Å²) in [6.07, 6.45) is -0.939. The van der Waals surface area contributed by atoms with Crippen LogP contribution in [0, 0.1) is 16.0 Å². The number of hydrogen-bond donors (Lipinski definition) is 2. The molecule has 0 aliphatic carbocycles. The van der Waals surface area contributed by atoms with Gasteiger partial charge in [0.15, 0.2) is 0 Å². The highest BCUT2D eigenvalue weighted by Crippen LogP contribution is 2.27. The van der Waals surface area contributed by atoms with E-state index in [9.17, 15) is 29.3 Å². The fraction of sp³-hybridized carbons (Fsp3) is 0.407. The van der Waals surface area contributed by atoms with Gasteiger partial charge in [-0.15, -0.1) is 0 Å². The SMILES string of the molecule is COC(=O)C[C@H](c1ccc([N+](=O)[O-])cc1)[C@@H](NC(=O)[C@H](CC(C)C)NC(=O)OCc1ccccc1)C(=O)OC. The van der Waals surface area contributed by atoms with Crippen molar-refractivity contribution < 1.29 is 38.3 Å². The summed E-state index contributed by atoms with van der Waals surface area (Å²) < 4.78 is 14.9. The van der Waals surface area contributed by atoms with Crippen LogP contribution in [0.1, 0.15) is 43.7 Å². The molecule has 2 amide bonds. The van der Waals surface area contributed by atoms with E-state index in [-0.39, 0.29) is 31.1 Å². The van der Waals surface area contributed by atoms with Gasteiger partial charge in [-0.2, -0.15) is 0 Å². The zero-order valence-electron chi connectivity index (χ0n) is 22.2. The molecule has 3 atom stereocenters. The number of carbonyl (C=O) groups excluding carboxylic acids is 4. The first kappa shape index (κ1) is 30.7. The molecule has 0 fully saturated rings. The molecule has 0 radical (unpaired) electrons. The smallest absolute Gasteiger partial charge is 0.408 e. The third-order valence-corrected chi connectivity index (χ3v) is 5.83. The van der Waals surface area contributed by atoms with Gasteiger partial charge in [0.25, 0.3) is 5.69 Å². The van der Waals surface area contributed by atoms with E-state index in [4.69, 9.17) is 14.2 Å². The van der Waals surface area contributed by atoms with Gasteiger partial charge < -0.3 is 24.8 Å². The van der Waals surface area contributed by atoms with E-state index in [2.05, 4.69) is 10.6 Å². The normalized spacial score (nSPS) is 12.9. The molecule has 0 bridgehead atoms. The summed E-state index contributed by atoms with van der Waals surface area (Å²) in [7, 11) is 2.29. The van der Waals surface area contributed by atoms with E-state index in [0.717, 1.165) is 12.7 Å². The molecule has 0 heterocycles. The van der Waals surface area contributed by atoms with Crippen molar-refractivity contribution in [2.45, 2.75) is 51.3 Å². The van der Waals surface area contributed by atoms with Crippen molar-refractivity contribution in [1.82, 2.24) is 10.6 Å². The highest BCUT2D eigenvalue weighted by atomic mass is 16.6. The molecule has 0 aromatic heterocycles. The lowest BCUT2D eigenvalue weighted by Gasteiger charge is -2.28. The second-order valence-electron chi connectivity index (χ2n) is 9.13. The van der Waals surface area contributed by atoms with Gasteiger partial charge in [0, 0.05) is 18.1 Å². The standard InChI is InChI=1S/C27H33N3O9/c1-17(2)14-22(28-27(34)39-16-18-8-6-5-7-9-18)25(32)29-24(26(33)38-4)21(15-23(31)37-3)19-10-12-20(13-11-19)30(35)36/h5-13,17,21-22,24H,14-16H2,1-4H3,(H,28,34)(H,29,32)/t21-,22+,24-/m1/s1. The average Bonchev–Trinajstić information content (AvgIpc) is 2.93. The molecule has 0 saturated heterocycles. The Kier molecular flexibility index (Phi) is 11.9. The van der Waals surface area contributed by atoms with Crippen LogP contribution in [-0.4, -0.2) is 55.2 Å². The minimum atomic E-state index is -1.38. The van der Waals surface area contributed by atoms with Gasteiger partial charge >= 0.3 is 18.0 Å². The van der Waals surface area contributed by atoms with Gasteiger partial charge in [0.05, 0.1) is 25.6 Å². The lowest BCUT2D eigenvalue weighted by Crippen LogP contribution is -2.54. The van der Waals surface area contributed by atoms with Crippen LogP contribution in [0.4, 0.5) is 10.5 Å². The van der Waals surface area contributed by atoms with E-state index < -0.39 is 46.9 Å². The largest absolute Gasteiger partial charge is 0.469 e. The van der Waals surface area contributed by atoms with Crippen LogP contribution >= 0.6 is 0 Å². The fourth-order valence-electron chi connectivity index (χ4n) is 3.85. The van der Waals surface area contributed by atoms with E-state index in [1.54, 1.807) is 24.3 Å². The van der Waals surface area contributed by atoms with Gasteiger partial charge in [-0.25, -0.2) is 9.59 Å². The summed E-state index contributed by atoms with van der Waals surface area (Å²) in [5, 5.41) is 16.2. The Morgan fingerprint density at radius 3 is 2.10 bits per heavy atom. The van der Waals surface area contributed by atoms with Crippen LogP contribution in [0.2, 0.25) is 0 Å². The highest BCUT2D eigenvalue weighted by Gasteiger charge is 2.36. The van der Waals surface area contributed by atoms with E-state index in [1.807, 2.05) is 19.9 Å². The molecule has 39 heavy (non-hydrogen) atoms. The van der Waals surface area contributed by atoms with E-state index >= 15 is 0 Å². The minimum Gasteiger partial charge on any atom is -0.469 e. The first-order chi connectivity index (χ1) is 18.5. The Morgan fingerprint density at radius 1 is 0.923 bits per heavy atom. The van der Waals surface area contributed by atoms with Crippen LogP contribution < -0.4 is 10.6 Å². The summed E-state index contributed by atoms with van der Waals surface area (Å²) in [5.41, 5.74) is 0.929. The number of rotatable bonds is 13. The second kappa shape index (κ2) is 15.1. The van der Waals surface area contributed by atoms with Gasteiger partial charge in [-0.3, -0.25) is 19.7 Å². The number of methoxy groups -OCH3 is 2. The van der Waals surface area contributed by atoms with Gasteiger partial charge in [-0.1, -0.05) is 56.3 Å². The van der Waals surface area contributed by atoms with Crippen LogP contribution in [-0.2, 0) is 35.2 Å². The number of nitrogens with zero attached hydrogens (tertiary/aromatic N) is 1. The lowest BCUT2D eigenvalue weighted by molar-refractivity contribution is -0.384. The Hall–Kier alpha value is -4.48. The monoisotopic (exact) mass is 543 g/mol. The molecule has 0 spiro atoms. The summed E-state index contributed by atoms with van der Waals surface area (Å²) in [6, 6.07) is 11.8. The molecule has 12 nitrogen and oxygen atoms in total. The number of amides is 2. The zero-order valence-corrected chi connectivity index (χ0v) is 22.2.